The highest BCUT2D eigenvalue weighted by molar-refractivity contribution is 6.38. The van der Waals surface area contributed by atoms with E-state index in [4.69, 9.17) is 32.7 Å². The lowest BCUT2D eigenvalue weighted by molar-refractivity contribution is -0.0495. The molecule has 2 N–H and O–H groups in total. The number of phenols is 1. The van der Waals surface area contributed by atoms with Gasteiger partial charge in [-0.15, -0.1) is 0 Å². The number of halogens is 4. The molecule has 2 aliphatic rings. The molecule has 28 heavy (non-hydrogen) atoms. The maximum atomic E-state index is 13.1. The number of nitrogens with one attached hydrogen (secondary N) is 1. The van der Waals surface area contributed by atoms with Crippen LogP contribution in [0.5, 0.6) is 17.2 Å². The summed E-state index contributed by atoms with van der Waals surface area (Å²) >= 11 is 12.9. The second kappa shape index (κ2) is 7.91. The SMILES string of the molecule is Oc1cccc(Cl)c1-c1c(OC(F)F)cc2c(c1Cl)OC[C@H]1CNCCN1C2. The van der Waals surface area contributed by atoms with E-state index in [1.807, 2.05) is 0 Å². The molecule has 1 saturated heterocycles. The summed E-state index contributed by atoms with van der Waals surface area (Å²) in [4.78, 5) is 2.22. The van der Waals surface area contributed by atoms with Crippen LogP contribution < -0.4 is 14.8 Å². The van der Waals surface area contributed by atoms with Gasteiger partial charge in [-0.1, -0.05) is 29.3 Å². The lowest BCUT2D eigenvalue weighted by Crippen LogP contribution is -2.52. The van der Waals surface area contributed by atoms with Crippen LogP contribution in [0.3, 0.4) is 0 Å². The summed E-state index contributed by atoms with van der Waals surface area (Å²) in [6, 6.07) is 6.14. The number of ether oxygens (including phenoxy) is 2. The average Bonchev–Trinajstić information content (AvgIpc) is 2.82. The number of phenolic OH excluding ortho intramolecular Hbond substituents is 1. The molecule has 1 atom stereocenters. The zero-order chi connectivity index (χ0) is 19.8. The highest BCUT2D eigenvalue weighted by Crippen LogP contribution is 2.50. The second-order valence-corrected chi connectivity index (χ2v) is 7.49. The number of nitrogens with zero attached hydrogens (tertiary/aromatic N) is 1. The molecule has 2 aromatic rings. The van der Waals surface area contributed by atoms with Gasteiger partial charge >= 0.3 is 6.61 Å². The normalized spacial score (nSPS) is 19.5. The lowest BCUT2D eigenvalue weighted by Gasteiger charge is -2.33. The van der Waals surface area contributed by atoms with E-state index in [2.05, 4.69) is 10.2 Å². The summed E-state index contributed by atoms with van der Waals surface area (Å²) in [5, 5.41) is 13.9. The van der Waals surface area contributed by atoms with E-state index >= 15 is 0 Å². The molecule has 1 fully saturated rings. The van der Waals surface area contributed by atoms with Gasteiger partial charge in [-0.2, -0.15) is 8.78 Å². The molecule has 2 aliphatic heterocycles. The van der Waals surface area contributed by atoms with E-state index in [0.29, 0.717) is 24.5 Å². The van der Waals surface area contributed by atoms with Crippen molar-refractivity contribution in [1.82, 2.24) is 10.2 Å². The smallest absolute Gasteiger partial charge is 0.387 e. The van der Waals surface area contributed by atoms with E-state index in [-0.39, 0.29) is 38.7 Å². The Kier molecular flexibility index (Phi) is 5.51. The fourth-order valence-corrected chi connectivity index (χ4v) is 4.32. The van der Waals surface area contributed by atoms with E-state index in [1.165, 1.54) is 18.2 Å². The van der Waals surface area contributed by atoms with E-state index in [0.717, 1.165) is 19.6 Å². The standard InChI is InChI=1S/C19H18Cl2F2N2O3/c20-12-2-1-3-13(26)15(12)16-14(28-19(22)23)6-10-8-25-5-4-24-7-11(25)9-27-18(10)17(16)21/h1-3,6,11,19,24,26H,4-5,7-9H2/t11-/m1/s1. The van der Waals surface area contributed by atoms with Gasteiger partial charge in [0, 0.05) is 37.3 Å². The molecule has 2 aromatic carbocycles. The third kappa shape index (κ3) is 3.59. The van der Waals surface area contributed by atoms with Crippen molar-refractivity contribution in [3.8, 4) is 28.4 Å². The quantitative estimate of drug-likeness (QED) is 0.766. The number of rotatable bonds is 3. The molecular formula is C19H18Cl2F2N2O3. The van der Waals surface area contributed by atoms with Crippen molar-refractivity contribution in [2.75, 3.05) is 26.2 Å². The van der Waals surface area contributed by atoms with Gasteiger partial charge in [0.25, 0.3) is 0 Å². The van der Waals surface area contributed by atoms with Crippen LogP contribution in [0.25, 0.3) is 11.1 Å². The van der Waals surface area contributed by atoms with Gasteiger partial charge < -0.3 is 19.9 Å². The van der Waals surface area contributed by atoms with Crippen molar-refractivity contribution >= 4 is 23.2 Å². The zero-order valence-corrected chi connectivity index (χ0v) is 16.2. The molecule has 5 nitrogen and oxygen atoms in total. The number of benzene rings is 2. The summed E-state index contributed by atoms with van der Waals surface area (Å²) in [5.74, 6) is 0.0510. The zero-order valence-electron chi connectivity index (χ0n) is 14.7. The van der Waals surface area contributed by atoms with Crippen LogP contribution in [-0.4, -0.2) is 48.9 Å². The van der Waals surface area contributed by atoms with Crippen LogP contribution in [-0.2, 0) is 6.54 Å². The topological polar surface area (TPSA) is 54.0 Å². The van der Waals surface area contributed by atoms with Gasteiger partial charge in [0.05, 0.1) is 21.7 Å². The maximum absolute atomic E-state index is 13.1. The molecule has 2 heterocycles. The van der Waals surface area contributed by atoms with Crippen LogP contribution >= 0.6 is 23.2 Å². The monoisotopic (exact) mass is 430 g/mol. The molecular weight excluding hydrogens is 413 g/mol. The largest absolute Gasteiger partial charge is 0.507 e. The fourth-order valence-electron chi connectivity index (χ4n) is 3.69. The number of piperazine rings is 1. The van der Waals surface area contributed by atoms with Crippen LogP contribution in [0, 0.1) is 0 Å². The van der Waals surface area contributed by atoms with E-state index in [1.54, 1.807) is 6.07 Å². The minimum atomic E-state index is -3.06. The van der Waals surface area contributed by atoms with Crippen LogP contribution in [0.15, 0.2) is 24.3 Å². The molecule has 9 heteroatoms. The Labute approximate surface area is 170 Å². The molecule has 0 bridgehead atoms. The van der Waals surface area contributed by atoms with Gasteiger partial charge in [0.2, 0.25) is 0 Å². The number of fused-ring (bicyclic) bond motifs is 2. The third-order valence-corrected chi connectivity index (χ3v) is 5.66. The summed E-state index contributed by atoms with van der Waals surface area (Å²) in [5.41, 5.74) is 0.863. The van der Waals surface area contributed by atoms with Crippen molar-refractivity contribution < 1.29 is 23.4 Å². The molecule has 4 rings (SSSR count). The van der Waals surface area contributed by atoms with Gasteiger partial charge in [0.15, 0.2) is 0 Å². The fraction of sp³-hybridized carbons (Fsp3) is 0.368. The summed E-state index contributed by atoms with van der Waals surface area (Å²) < 4.78 is 37.0. The minimum Gasteiger partial charge on any atom is -0.507 e. The van der Waals surface area contributed by atoms with Crippen molar-refractivity contribution in [2.45, 2.75) is 19.2 Å². The Morgan fingerprint density at radius 2 is 2.11 bits per heavy atom. The number of alkyl halides is 2. The number of hydrogen-bond acceptors (Lipinski definition) is 5. The summed E-state index contributed by atoms with van der Waals surface area (Å²) in [6.07, 6.45) is 0. The maximum Gasteiger partial charge on any atom is 0.387 e. The van der Waals surface area contributed by atoms with Crippen LogP contribution in [0.4, 0.5) is 8.78 Å². The summed E-state index contributed by atoms with van der Waals surface area (Å²) in [7, 11) is 0. The molecule has 0 unspecified atom stereocenters. The first-order valence-electron chi connectivity index (χ1n) is 8.81. The predicted octanol–water partition coefficient (Wildman–Crippen LogP) is 4.13. The average molecular weight is 431 g/mol. The van der Waals surface area contributed by atoms with Gasteiger partial charge in [-0.05, 0) is 18.2 Å². The van der Waals surface area contributed by atoms with E-state index < -0.39 is 6.61 Å². The Morgan fingerprint density at radius 3 is 2.86 bits per heavy atom. The molecule has 0 spiro atoms. The van der Waals surface area contributed by atoms with Gasteiger partial charge in [0.1, 0.15) is 23.9 Å². The predicted molar refractivity (Wildman–Crippen MR) is 103 cm³/mol. The number of aromatic hydroxyl groups is 1. The Balaban J connectivity index is 1.88. The lowest BCUT2D eigenvalue weighted by atomic mass is 10.00. The van der Waals surface area contributed by atoms with Crippen molar-refractivity contribution in [3.05, 3.63) is 39.9 Å². The first kappa shape index (κ1) is 19.5. The third-order valence-electron chi connectivity index (χ3n) is 4.99. The number of hydrogen-bond donors (Lipinski definition) is 2. The van der Waals surface area contributed by atoms with Crippen LogP contribution in [0.2, 0.25) is 10.0 Å². The van der Waals surface area contributed by atoms with Crippen molar-refractivity contribution in [3.63, 3.8) is 0 Å². The van der Waals surface area contributed by atoms with Crippen molar-refractivity contribution in [2.24, 2.45) is 0 Å². The second-order valence-electron chi connectivity index (χ2n) is 6.70. The first-order valence-corrected chi connectivity index (χ1v) is 9.57. The molecule has 0 saturated carbocycles. The van der Waals surface area contributed by atoms with Gasteiger partial charge in [-0.25, -0.2) is 0 Å². The highest BCUT2D eigenvalue weighted by Gasteiger charge is 2.31. The molecule has 0 amide bonds. The first-order chi connectivity index (χ1) is 13.5. The van der Waals surface area contributed by atoms with Gasteiger partial charge in [-0.3, -0.25) is 4.90 Å². The van der Waals surface area contributed by atoms with E-state index in [9.17, 15) is 13.9 Å². The highest BCUT2D eigenvalue weighted by atomic mass is 35.5. The minimum absolute atomic E-state index is 0.0850. The molecule has 150 valence electrons. The Morgan fingerprint density at radius 1 is 1.29 bits per heavy atom. The van der Waals surface area contributed by atoms with Crippen molar-refractivity contribution in [1.29, 1.82) is 0 Å². The Bertz CT molecular complexity index is 878. The summed E-state index contributed by atoms with van der Waals surface area (Å²) in [6.45, 7) is 0.258. The van der Waals surface area contributed by atoms with Crippen LogP contribution in [0.1, 0.15) is 5.56 Å². The Hall–Kier alpha value is -1.80. The molecule has 0 aliphatic carbocycles. The molecule has 0 aromatic heterocycles. The molecule has 0 radical (unpaired) electrons.